The molecular weight excluding hydrogens is 484 g/mol. The van der Waals surface area contributed by atoms with Gasteiger partial charge in [-0.05, 0) is 62.8 Å². The van der Waals surface area contributed by atoms with Crippen molar-refractivity contribution < 1.29 is 33.3 Å². The summed E-state index contributed by atoms with van der Waals surface area (Å²) in [6.07, 6.45) is 6.30. The van der Waals surface area contributed by atoms with E-state index in [1.54, 1.807) is 24.3 Å². The molecule has 0 spiro atoms. The minimum atomic E-state index is -3.02. The first kappa shape index (κ1) is 25.1. The van der Waals surface area contributed by atoms with E-state index in [1.165, 1.54) is 18.3 Å². The third-order valence-corrected chi connectivity index (χ3v) is 7.36. The minimum absolute atomic E-state index is 0.000154. The van der Waals surface area contributed by atoms with Crippen molar-refractivity contribution in [3.63, 3.8) is 0 Å². The molecule has 0 radical (unpaired) electrons. The number of aliphatic hydroxyl groups is 1. The molecule has 2 unspecified atom stereocenters. The first-order chi connectivity index (χ1) is 17.8. The Morgan fingerprint density at radius 2 is 1.78 bits per heavy atom. The van der Waals surface area contributed by atoms with Crippen molar-refractivity contribution in [3.8, 4) is 5.75 Å². The molecule has 37 heavy (non-hydrogen) atoms. The zero-order valence-corrected chi connectivity index (χ0v) is 20.1. The molecule has 0 amide bonds. The van der Waals surface area contributed by atoms with Crippen molar-refractivity contribution in [3.05, 3.63) is 65.1 Å². The summed E-state index contributed by atoms with van der Waals surface area (Å²) in [6, 6.07) is 9.79. The number of carbonyl (C=O) groups is 1. The normalized spacial score (nSPS) is 23.6. The van der Waals surface area contributed by atoms with Gasteiger partial charge in [0.25, 0.3) is 0 Å². The van der Waals surface area contributed by atoms with Crippen molar-refractivity contribution in [2.75, 3.05) is 11.5 Å². The molecule has 1 aromatic carbocycles. The number of pyridine rings is 1. The number of fused-ring (bicyclic) bond motifs is 2. The molecule has 3 aliphatic rings. The second kappa shape index (κ2) is 10.5. The number of benzene rings is 1. The lowest BCUT2D eigenvalue weighted by Crippen LogP contribution is -2.46. The highest BCUT2D eigenvalue weighted by Gasteiger charge is 2.42. The monoisotopic (exact) mass is 513 g/mol. The average Bonchev–Trinajstić information content (AvgIpc) is 3.69. The van der Waals surface area contributed by atoms with E-state index in [1.807, 2.05) is 0 Å². The number of aliphatic hydroxyl groups excluding tert-OH is 1. The minimum Gasteiger partial charge on any atom is -0.512 e. The molecule has 8 nitrogen and oxygen atoms in total. The number of halogens is 2. The van der Waals surface area contributed by atoms with Gasteiger partial charge in [0, 0.05) is 35.3 Å². The van der Waals surface area contributed by atoms with Crippen LogP contribution in [-0.2, 0) is 4.74 Å². The van der Waals surface area contributed by atoms with E-state index in [2.05, 4.69) is 14.6 Å². The van der Waals surface area contributed by atoms with Gasteiger partial charge < -0.3 is 24.6 Å². The molecule has 3 atom stereocenters. The van der Waals surface area contributed by atoms with E-state index in [9.17, 15) is 18.7 Å². The SMILES string of the molecule is N=C(/C(COC1CC2CC[C@@H](C1)N2c1ccc(C(=O)O)cn1)=C(\O)C1CC1)c1ccccc1OC(F)F. The molecule has 2 aliphatic heterocycles. The smallest absolute Gasteiger partial charge is 0.387 e. The highest BCUT2D eigenvalue weighted by Crippen LogP contribution is 2.41. The van der Waals surface area contributed by atoms with Gasteiger partial charge in [0.05, 0.1) is 24.0 Å². The number of aromatic carboxylic acids is 1. The van der Waals surface area contributed by atoms with Crippen LogP contribution in [0.5, 0.6) is 5.75 Å². The summed E-state index contributed by atoms with van der Waals surface area (Å²) in [5.41, 5.74) is 0.545. The molecule has 1 aliphatic carbocycles. The van der Waals surface area contributed by atoms with Crippen LogP contribution in [0.1, 0.15) is 54.4 Å². The molecule has 2 bridgehead atoms. The number of allylic oxidation sites excluding steroid dienone is 1. The fourth-order valence-corrected chi connectivity index (χ4v) is 5.42. The van der Waals surface area contributed by atoms with Gasteiger partial charge in [-0.25, -0.2) is 9.78 Å². The lowest BCUT2D eigenvalue weighted by Gasteiger charge is -2.39. The number of hydrogen-bond donors (Lipinski definition) is 3. The van der Waals surface area contributed by atoms with E-state index >= 15 is 0 Å². The standard InChI is InChI=1S/C27H29F2N3O5/c28-27(29)37-22-4-2-1-3-20(22)24(30)21(25(33)15-5-6-15)14-36-19-11-17-8-9-18(12-19)32(17)23-10-7-16(13-31-23)26(34)35/h1-4,7,10,13,15,17-19,27,30,33H,5-6,8-9,11-12,14H2,(H,34,35)/b25-21-,30-24?/t17-,18?,19?/m0/s1. The maximum Gasteiger partial charge on any atom is 0.387 e. The number of anilines is 1. The number of rotatable bonds is 10. The fraction of sp³-hybridized carbons (Fsp3) is 0.444. The van der Waals surface area contributed by atoms with Crippen LogP contribution in [0, 0.1) is 11.3 Å². The van der Waals surface area contributed by atoms with Gasteiger partial charge in [-0.1, -0.05) is 12.1 Å². The molecule has 2 aromatic rings. The predicted molar refractivity (Wildman–Crippen MR) is 132 cm³/mol. The Labute approximate surface area is 213 Å². The number of para-hydroxylation sites is 1. The average molecular weight is 514 g/mol. The Morgan fingerprint density at radius 3 is 2.38 bits per heavy atom. The maximum absolute atomic E-state index is 12.9. The molecule has 1 saturated carbocycles. The number of carboxylic acid groups (broad SMARTS) is 1. The fourth-order valence-electron chi connectivity index (χ4n) is 5.42. The van der Waals surface area contributed by atoms with Gasteiger partial charge in [0.1, 0.15) is 17.3 Å². The first-order valence-corrected chi connectivity index (χ1v) is 12.5. The summed E-state index contributed by atoms with van der Waals surface area (Å²) in [5.74, 6) is -0.335. The van der Waals surface area contributed by atoms with Crippen LogP contribution < -0.4 is 9.64 Å². The van der Waals surface area contributed by atoms with E-state index in [0.717, 1.165) is 44.3 Å². The van der Waals surface area contributed by atoms with Crippen LogP contribution in [0.4, 0.5) is 14.6 Å². The van der Waals surface area contributed by atoms with Crippen LogP contribution in [0.15, 0.2) is 53.9 Å². The van der Waals surface area contributed by atoms with Crippen molar-refractivity contribution in [1.29, 1.82) is 5.41 Å². The molecule has 5 rings (SSSR count). The number of piperidine rings is 1. The summed E-state index contributed by atoms with van der Waals surface area (Å²) < 4.78 is 36.7. The van der Waals surface area contributed by atoms with E-state index in [4.69, 9.17) is 15.3 Å². The largest absolute Gasteiger partial charge is 0.512 e. The van der Waals surface area contributed by atoms with Crippen LogP contribution in [-0.4, -0.2) is 58.3 Å². The lowest BCUT2D eigenvalue weighted by atomic mass is 9.98. The van der Waals surface area contributed by atoms with Gasteiger partial charge in [0.15, 0.2) is 0 Å². The number of carboxylic acids is 1. The van der Waals surface area contributed by atoms with Crippen molar-refractivity contribution in [2.24, 2.45) is 5.92 Å². The Bertz CT molecular complexity index is 1180. The summed E-state index contributed by atoms with van der Waals surface area (Å²) in [5, 5.41) is 28.7. The zero-order valence-electron chi connectivity index (χ0n) is 20.1. The number of nitrogens with zero attached hydrogens (tertiary/aromatic N) is 2. The van der Waals surface area contributed by atoms with E-state index < -0.39 is 12.6 Å². The van der Waals surface area contributed by atoms with Crippen LogP contribution >= 0.6 is 0 Å². The van der Waals surface area contributed by atoms with Gasteiger partial charge in [0.2, 0.25) is 0 Å². The quantitative estimate of drug-likeness (QED) is 0.296. The highest BCUT2D eigenvalue weighted by molar-refractivity contribution is 6.12. The van der Waals surface area contributed by atoms with Gasteiger partial charge in [-0.2, -0.15) is 8.78 Å². The number of nitrogens with one attached hydrogen (secondary N) is 1. The van der Waals surface area contributed by atoms with Crippen molar-refractivity contribution in [2.45, 2.75) is 63.3 Å². The maximum atomic E-state index is 12.9. The third kappa shape index (κ3) is 5.44. The molecular formula is C27H29F2N3O5. The number of aromatic nitrogens is 1. The van der Waals surface area contributed by atoms with Crippen LogP contribution in [0.2, 0.25) is 0 Å². The van der Waals surface area contributed by atoms with Gasteiger partial charge >= 0.3 is 12.6 Å². The number of ether oxygens (including phenoxy) is 2. The second-order valence-corrected chi connectivity index (χ2v) is 9.79. The first-order valence-electron chi connectivity index (χ1n) is 12.5. The number of alkyl halides is 2. The highest BCUT2D eigenvalue weighted by atomic mass is 19.3. The van der Waals surface area contributed by atoms with E-state index in [-0.39, 0.29) is 59.1 Å². The molecule has 3 fully saturated rings. The second-order valence-electron chi connectivity index (χ2n) is 9.79. The molecule has 10 heteroatoms. The molecule has 3 N–H and O–H groups in total. The number of hydrogen-bond acceptors (Lipinski definition) is 7. The Balaban J connectivity index is 1.29. The molecule has 3 heterocycles. The van der Waals surface area contributed by atoms with Gasteiger partial charge in [-0.3, -0.25) is 5.41 Å². The summed E-state index contributed by atoms with van der Waals surface area (Å²) in [7, 11) is 0. The lowest BCUT2D eigenvalue weighted by molar-refractivity contribution is -0.0499. The van der Waals surface area contributed by atoms with Crippen LogP contribution in [0.3, 0.4) is 0 Å². The van der Waals surface area contributed by atoms with Gasteiger partial charge in [-0.15, -0.1) is 0 Å². The van der Waals surface area contributed by atoms with E-state index in [0.29, 0.717) is 5.57 Å². The summed E-state index contributed by atoms with van der Waals surface area (Å²) in [6.45, 7) is -3.02. The Kier molecular flexibility index (Phi) is 7.10. The van der Waals surface area contributed by atoms with Crippen LogP contribution in [0.25, 0.3) is 0 Å². The Hall–Kier alpha value is -3.53. The zero-order chi connectivity index (χ0) is 26.1. The molecule has 196 valence electrons. The topological polar surface area (TPSA) is 116 Å². The van der Waals surface area contributed by atoms with Crippen molar-refractivity contribution >= 4 is 17.5 Å². The molecule has 1 aromatic heterocycles. The third-order valence-electron chi connectivity index (χ3n) is 7.36. The predicted octanol–water partition coefficient (Wildman–Crippen LogP) is 5.19. The van der Waals surface area contributed by atoms with Crippen molar-refractivity contribution in [1.82, 2.24) is 4.98 Å². The summed E-state index contributed by atoms with van der Waals surface area (Å²) in [4.78, 5) is 17.8. The molecule has 2 saturated heterocycles. The summed E-state index contributed by atoms with van der Waals surface area (Å²) >= 11 is 0. The Morgan fingerprint density at radius 1 is 1.08 bits per heavy atom.